The molecule has 0 radical (unpaired) electrons. The predicted octanol–water partition coefficient (Wildman–Crippen LogP) is 2.48. The summed E-state index contributed by atoms with van der Waals surface area (Å²) in [5.74, 6) is 0.757. The summed E-state index contributed by atoms with van der Waals surface area (Å²) in [7, 11) is 0. The normalized spacial score (nSPS) is 10.9. The Morgan fingerprint density at radius 1 is 1.31 bits per heavy atom. The molecule has 2 aromatic rings. The van der Waals surface area contributed by atoms with Crippen molar-refractivity contribution in [3.05, 3.63) is 34.7 Å². The molecule has 0 spiro atoms. The van der Waals surface area contributed by atoms with E-state index in [1.54, 1.807) is 0 Å². The average Bonchev–Trinajstić information content (AvgIpc) is 2.27. The van der Waals surface area contributed by atoms with Crippen LogP contribution in [0.5, 0.6) is 0 Å². The number of fused-ring (bicyclic) bond motifs is 1. The third-order valence-corrected chi connectivity index (χ3v) is 2.79. The first-order valence-electron chi connectivity index (χ1n) is 5.34. The number of nitrogens with zero attached hydrogens (tertiary/aromatic N) is 2. The van der Waals surface area contributed by atoms with Crippen molar-refractivity contribution in [2.75, 3.05) is 6.54 Å². The zero-order valence-electron chi connectivity index (χ0n) is 9.20. The average molecular weight is 236 g/mol. The van der Waals surface area contributed by atoms with Crippen LogP contribution in [0, 0.1) is 6.92 Å². The molecule has 0 bridgehead atoms. The topological polar surface area (TPSA) is 51.8 Å². The molecule has 0 fully saturated rings. The molecule has 0 atom stereocenters. The van der Waals surface area contributed by atoms with Gasteiger partial charge >= 0.3 is 0 Å². The minimum Gasteiger partial charge on any atom is -0.330 e. The largest absolute Gasteiger partial charge is 0.330 e. The zero-order valence-corrected chi connectivity index (χ0v) is 9.96. The fourth-order valence-electron chi connectivity index (χ4n) is 1.76. The molecule has 84 valence electrons. The van der Waals surface area contributed by atoms with Crippen molar-refractivity contribution in [3.63, 3.8) is 0 Å². The van der Waals surface area contributed by atoms with E-state index in [1.807, 2.05) is 25.1 Å². The number of hydrogen-bond acceptors (Lipinski definition) is 3. The molecule has 16 heavy (non-hydrogen) atoms. The van der Waals surface area contributed by atoms with E-state index in [2.05, 4.69) is 9.97 Å². The van der Waals surface area contributed by atoms with E-state index in [0.29, 0.717) is 11.6 Å². The fourth-order valence-corrected chi connectivity index (χ4v) is 1.98. The number of halogens is 1. The van der Waals surface area contributed by atoms with Crippen LogP contribution in [0.3, 0.4) is 0 Å². The van der Waals surface area contributed by atoms with Crippen LogP contribution in [0.2, 0.25) is 5.02 Å². The summed E-state index contributed by atoms with van der Waals surface area (Å²) in [4.78, 5) is 8.82. The Kier molecular flexibility index (Phi) is 3.36. The number of aryl methyl sites for hydroxylation is 2. The molecule has 1 heterocycles. The molecular weight excluding hydrogens is 222 g/mol. The van der Waals surface area contributed by atoms with Gasteiger partial charge in [0.15, 0.2) is 0 Å². The lowest BCUT2D eigenvalue weighted by Crippen LogP contribution is -2.04. The summed E-state index contributed by atoms with van der Waals surface area (Å²) in [6, 6.07) is 5.78. The number of benzene rings is 1. The van der Waals surface area contributed by atoms with Crippen molar-refractivity contribution in [2.45, 2.75) is 19.8 Å². The van der Waals surface area contributed by atoms with Crippen molar-refractivity contribution in [2.24, 2.45) is 5.73 Å². The minimum atomic E-state index is 0.672. The van der Waals surface area contributed by atoms with Crippen molar-refractivity contribution in [1.29, 1.82) is 0 Å². The fraction of sp³-hybridized carbons (Fsp3) is 0.333. The van der Waals surface area contributed by atoms with Gasteiger partial charge in [0.2, 0.25) is 0 Å². The van der Waals surface area contributed by atoms with E-state index >= 15 is 0 Å². The van der Waals surface area contributed by atoms with Gasteiger partial charge in [0.1, 0.15) is 5.82 Å². The second-order valence-electron chi connectivity index (χ2n) is 3.75. The van der Waals surface area contributed by atoms with E-state index in [1.165, 1.54) is 0 Å². The predicted molar refractivity (Wildman–Crippen MR) is 66.7 cm³/mol. The smallest absolute Gasteiger partial charge is 0.126 e. The lowest BCUT2D eigenvalue weighted by Gasteiger charge is -2.07. The van der Waals surface area contributed by atoms with Gasteiger partial charge in [-0.3, -0.25) is 0 Å². The zero-order chi connectivity index (χ0) is 11.5. The maximum absolute atomic E-state index is 6.12. The van der Waals surface area contributed by atoms with Crippen LogP contribution >= 0.6 is 11.6 Å². The molecule has 2 rings (SSSR count). The van der Waals surface area contributed by atoms with Gasteiger partial charge in [-0.2, -0.15) is 0 Å². The molecule has 0 saturated heterocycles. The number of para-hydroxylation sites is 1. The second-order valence-corrected chi connectivity index (χ2v) is 4.15. The van der Waals surface area contributed by atoms with Crippen molar-refractivity contribution >= 4 is 22.5 Å². The summed E-state index contributed by atoms with van der Waals surface area (Å²) < 4.78 is 0. The lowest BCUT2D eigenvalue weighted by molar-refractivity contribution is 0.808. The molecule has 2 N–H and O–H groups in total. The first-order chi connectivity index (χ1) is 7.72. The molecule has 0 aliphatic heterocycles. The lowest BCUT2D eigenvalue weighted by atomic mass is 10.1. The Hall–Kier alpha value is -1.19. The summed E-state index contributed by atoms with van der Waals surface area (Å²) in [5.41, 5.74) is 7.39. The van der Waals surface area contributed by atoms with Crippen molar-refractivity contribution < 1.29 is 0 Å². The Bertz CT molecular complexity index is 511. The molecule has 0 amide bonds. The van der Waals surface area contributed by atoms with Gasteiger partial charge < -0.3 is 5.73 Å². The molecule has 0 aliphatic rings. The van der Waals surface area contributed by atoms with Crippen molar-refractivity contribution in [3.8, 4) is 0 Å². The molecule has 1 aromatic carbocycles. The molecule has 1 aromatic heterocycles. The van der Waals surface area contributed by atoms with Gasteiger partial charge in [-0.1, -0.05) is 23.7 Å². The van der Waals surface area contributed by atoms with Crippen LogP contribution in [-0.4, -0.2) is 16.5 Å². The van der Waals surface area contributed by atoms with Crippen LogP contribution in [0.15, 0.2) is 18.2 Å². The maximum Gasteiger partial charge on any atom is 0.126 e. The summed E-state index contributed by atoms with van der Waals surface area (Å²) in [6.07, 6.45) is 1.80. The van der Waals surface area contributed by atoms with Gasteiger partial charge in [0.05, 0.1) is 16.2 Å². The van der Waals surface area contributed by atoms with Crippen LogP contribution < -0.4 is 5.73 Å². The van der Waals surface area contributed by atoms with E-state index < -0.39 is 0 Å². The Morgan fingerprint density at radius 3 is 2.88 bits per heavy atom. The Labute approximate surface area is 99.7 Å². The van der Waals surface area contributed by atoms with Gasteiger partial charge in [0, 0.05) is 5.39 Å². The van der Waals surface area contributed by atoms with E-state index in [0.717, 1.165) is 35.3 Å². The van der Waals surface area contributed by atoms with Crippen LogP contribution in [0.1, 0.15) is 17.9 Å². The van der Waals surface area contributed by atoms with E-state index in [-0.39, 0.29) is 0 Å². The Morgan fingerprint density at radius 2 is 2.12 bits per heavy atom. The molecule has 0 aliphatic carbocycles. The maximum atomic E-state index is 6.12. The molecular formula is C12H14ClN3. The van der Waals surface area contributed by atoms with Crippen molar-refractivity contribution in [1.82, 2.24) is 9.97 Å². The number of rotatable bonds is 3. The van der Waals surface area contributed by atoms with Gasteiger partial charge in [0.25, 0.3) is 0 Å². The monoisotopic (exact) mass is 235 g/mol. The highest BCUT2D eigenvalue weighted by atomic mass is 35.5. The first kappa shape index (κ1) is 11.3. The third kappa shape index (κ3) is 2.15. The van der Waals surface area contributed by atoms with E-state index in [4.69, 9.17) is 17.3 Å². The molecule has 0 unspecified atom stereocenters. The first-order valence-corrected chi connectivity index (χ1v) is 5.72. The van der Waals surface area contributed by atoms with Gasteiger partial charge in [-0.15, -0.1) is 0 Å². The van der Waals surface area contributed by atoms with Gasteiger partial charge in [-0.25, -0.2) is 9.97 Å². The number of hydrogen-bond donors (Lipinski definition) is 1. The van der Waals surface area contributed by atoms with Gasteiger partial charge in [-0.05, 0) is 32.4 Å². The highest BCUT2D eigenvalue weighted by molar-refractivity contribution is 6.35. The quantitative estimate of drug-likeness (QED) is 0.889. The molecule has 0 saturated carbocycles. The minimum absolute atomic E-state index is 0.672. The highest BCUT2D eigenvalue weighted by Crippen LogP contribution is 2.24. The van der Waals surface area contributed by atoms with E-state index in [9.17, 15) is 0 Å². The number of nitrogens with two attached hydrogens (primary N) is 1. The summed E-state index contributed by atoms with van der Waals surface area (Å²) in [5, 5.41) is 1.71. The molecule has 3 nitrogen and oxygen atoms in total. The third-order valence-electron chi connectivity index (χ3n) is 2.49. The summed E-state index contributed by atoms with van der Waals surface area (Å²) >= 11 is 6.12. The Balaban J connectivity index is 2.59. The number of aromatic nitrogens is 2. The van der Waals surface area contributed by atoms with Crippen LogP contribution in [0.4, 0.5) is 0 Å². The SMILES string of the molecule is Cc1nc(CCCN)c2cccc(Cl)c2n1. The highest BCUT2D eigenvalue weighted by Gasteiger charge is 2.07. The summed E-state index contributed by atoms with van der Waals surface area (Å²) in [6.45, 7) is 2.56. The molecule has 4 heteroatoms. The van der Waals surface area contributed by atoms with Crippen LogP contribution in [0.25, 0.3) is 10.9 Å². The van der Waals surface area contributed by atoms with Crippen LogP contribution in [-0.2, 0) is 6.42 Å². The standard InChI is InChI=1S/C12H14ClN3/c1-8-15-11(6-3-7-14)9-4-2-5-10(13)12(9)16-8/h2,4-5H,3,6-7,14H2,1H3. The second kappa shape index (κ2) is 4.76.